The van der Waals surface area contributed by atoms with Gasteiger partial charge in [-0.15, -0.1) is 21.5 Å². The summed E-state index contributed by atoms with van der Waals surface area (Å²) in [5.74, 6) is -0.104. The fourth-order valence-electron chi connectivity index (χ4n) is 1.73. The second-order valence-electron chi connectivity index (χ2n) is 4.51. The Morgan fingerprint density at radius 3 is 2.62 bits per heavy atom. The Balaban J connectivity index is 1.49. The van der Waals surface area contributed by atoms with Gasteiger partial charge in [-0.3, -0.25) is 14.9 Å². The van der Waals surface area contributed by atoms with Crippen LogP contribution in [-0.2, 0) is 4.79 Å². The quantitative estimate of drug-likeness (QED) is 0.507. The molecule has 3 rings (SSSR count). The zero-order valence-corrected chi connectivity index (χ0v) is 14.7. The fourth-order valence-corrected chi connectivity index (χ4v) is 3.90. The Morgan fingerprint density at radius 2 is 1.88 bits per heavy atom. The van der Waals surface area contributed by atoms with E-state index in [0.29, 0.717) is 14.3 Å². The molecule has 0 radical (unpaired) electrons. The average Bonchev–Trinajstić information content (AvgIpc) is 3.26. The summed E-state index contributed by atoms with van der Waals surface area (Å²) in [6.45, 7) is 0. The zero-order chi connectivity index (χ0) is 16.8. The second-order valence-corrected chi connectivity index (χ2v) is 7.66. The van der Waals surface area contributed by atoms with E-state index < -0.39 is 0 Å². The van der Waals surface area contributed by atoms with Crippen molar-refractivity contribution in [3.05, 3.63) is 52.7 Å². The van der Waals surface area contributed by atoms with Crippen molar-refractivity contribution in [1.82, 2.24) is 10.2 Å². The molecule has 0 bridgehead atoms. The number of para-hydroxylation sites is 1. The number of aromatic nitrogens is 2. The molecule has 0 saturated carbocycles. The summed E-state index contributed by atoms with van der Waals surface area (Å²) in [5, 5.41) is 15.6. The van der Waals surface area contributed by atoms with Crippen LogP contribution in [0.2, 0.25) is 0 Å². The van der Waals surface area contributed by atoms with E-state index in [0.717, 1.165) is 5.69 Å². The molecule has 2 aromatic heterocycles. The van der Waals surface area contributed by atoms with Crippen LogP contribution in [0.4, 0.5) is 10.8 Å². The van der Waals surface area contributed by atoms with E-state index in [4.69, 9.17) is 0 Å². The number of thioether (sulfide) groups is 1. The third-order valence-corrected chi connectivity index (χ3v) is 5.60. The number of hydrogen-bond donors (Lipinski definition) is 2. The van der Waals surface area contributed by atoms with Crippen molar-refractivity contribution in [2.24, 2.45) is 0 Å². The number of carbonyl (C=O) groups excluding carboxylic acids is 2. The normalized spacial score (nSPS) is 10.3. The lowest BCUT2D eigenvalue weighted by atomic mass is 10.3. The minimum Gasteiger partial charge on any atom is -0.325 e. The number of rotatable bonds is 6. The van der Waals surface area contributed by atoms with Crippen LogP contribution in [0.3, 0.4) is 0 Å². The van der Waals surface area contributed by atoms with E-state index in [2.05, 4.69) is 20.8 Å². The molecule has 0 atom stereocenters. The van der Waals surface area contributed by atoms with Gasteiger partial charge in [0.25, 0.3) is 5.91 Å². The van der Waals surface area contributed by atoms with Crippen LogP contribution < -0.4 is 10.6 Å². The highest BCUT2D eigenvalue weighted by Crippen LogP contribution is 2.26. The summed E-state index contributed by atoms with van der Waals surface area (Å²) in [5.41, 5.74) is 0.754. The maximum atomic E-state index is 11.9. The van der Waals surface area contributed by atoms with Crippen molar-refractivity contribution in [3.63, 3.8) is 0 Å². The number of nitrogens with zero attached hydrogens (tertiary/aromatic N) is 2. The Hall–Kier alpha value is -2.23. The van der Waals surface area contributed by atoms with Gasteiger partial charge in [0.15, 0.2) is 4.34 Å². The van der Waals surface area contributed by atoms with Gasteiger partial charge in [-0.1, -0.05) is 47.4 Å². The predicted octanol–water partition coefficient (Wildman–Crippen LogP) is 3.58. The first kappa shape index (κ1) is 16.6. The van der Waals surface area contributed by atoms with Gasteiger partial charge in [0, 0.05) is 5.69 Å². The van der Waals surface area contributed by atoms with E-state index >= 15 is 0 Å². The van der Waals surface area contributed by atoms with Crippen LogP contribution in [0, 0.1) is 0 Å². The molecule has 0 aliphatic heterocycles. The highest BCUT2D eigenvalue weighted by atomic mass is 32.2. The zero-order valence-electron chi connectivity index (χ0n) is 12.3. The standard InChI is InChI=1S/C15H12N4O2S3/c20-12(16-10-5-2-1-3-6-10)9-23-15-19-18-14(24-15)17-13(21)11-7-4-8-22-11/h1-8H,9H2,(H,16,20)(H,17,18,21). The molecule has 0 spiro atoms. The summed E-state index contributed by atoms with van der Waals surface area (Å²) in [6, 6.07) is 12.8. The SMILES string of the molecule is O=C(CSc1nnc(NC(=O)c2cccs2)s1)Nc1ccccc1. The molecule has 0 fully saturated rings. The number of benzene rings is 1. The fraction of sp³-hybridized carbons (Fsp3) is 0.0667. The summed E-state index contributed by atoms with van der Waals surface area (Å²) in [7, 11) is 0. The molecule has 122 valence electrons. The van der Waals surface area contributed by atoms with Gasteiger partial charge in [-0.25, -0.2) is 0 Å². The molecule has 2 N–H and O–H groups in total. The number of anilines is 2. The molecule has 1 aromatic carbocycles. The lowest BCUT2D eigenvalue weighted by Gasteiger charge is -2.02. The summed E-state index contributed by atoms with van der Waals surface area (Å²) < 4.78 is 0.625. The molecule has 0 aliphatic carbocycles. The van der Waals surface area contributed by atoms with Gasteiger partial charge in [-0.2, -0.15) is 0 Å². The third kappa shape index (κ3) is 4.63. The van der Waals surface area contributed by atoms with E-state index in [9.17, 15) is 9.59 Å². The largest absolute Gasteiger partial charge is 0.325 e. The van der Waals surface area contributed by atoms with E-state index in [1.165, 1.54) is 34.4 Å². The first-order valence-electron chi connectivity index (χ1n) is 6.87. The lowest BCUT2D eigenvalue weighted by molar-refractivity contribution is -0.113. The first-order chi connectivity index (χ1) is 11.7. The monoisotopic (exact) mass is 376 g/mol. The van der Waals surface area contributed by atoms with E-state index in [1.54, 1.807) is 6.07 Å². The molecule has 0 aliphatic rings. The third-order valence-electron chi connectivity index (χ3n) is 2.76. The minimum absolute atomic E-state index is 0.120. The molecular weight excluding hydrogens is 364 g/mol. The van der Waals surface area contributed by atoms with Crippen LogP contribution in [0.15, 0.2) is 52.2 Å². The highest BCUT2D eigenvalue weighted by Gasteiger charge is 2.12. The van der Waals surface area contributed by atoms with Crippen molar-refractivity contribution < 1.29 is 9.59 Å². The molecule has 2 heterocycles. The van der Waals surface area contributed by atoms with Gasteiger partial charge >= 0.3 is 0 Å². The van der Waals surface area contributed by atoms with Crippen molar-refractivity contribution >= 4 is 57.1 Å². The Kier molecular flexibility index (Phi) is 5.57. The van der Waals surface area contributed by atoms with Crippen molar-refractivity contribution in [1.29, 1.82) is 0 Å². The van der Waals surface area contributed by atoms with Crippen LogP contribution in [-0.4, -0.2) is 27.8 Å². The van der Waals surface area contributed by atoms with E-state index in [-0.39, 0.29) is 17.6 Å². The van der Waals surface area contributed by atoms with Crippen molar-refractivity contribution in [2.45, 2.75) is 4.34 Å². The molecule has 3 aromatic rings. The Bertz CT molecular complexity index is 818. The predicted molar refractivity (Wildman–Crippen MR) is 98.0 cm³/mol. The molecule has 2 amide bonds. The number of amides is 2. The van der Waals surface area contributed by atoms with Gasteiger partial charge in [0.2, 0.25) is 11.0 Å². The smallest absolute Gasteiger partial charge is 0.267 e. The van der Waals surface area contributed by atoms with Crippen LogP contribution >= 0.6 is 34.4 Å². The topological polar surface area (TPSA) is 84.0 Å². The van der Waals surface area contributed by atoms with E-state index in [1.807, 2.05) is 41.8 Å². The number of nitrogens with one attached hydrogen (secondary N) is 2. The van der Waals surface area contributed by atoms with Crippen molar-refractivity contribution in [3.8, 4) is 0 Å². The van der Waals surface area contributed by atoms with Crippen LogP contribution in [0.25, 0.3) is 0 Å². The number of carbonyl (C=O) groups is 2. The van der Waals surface area contributed by atoms with Crippen molar-refractivity contribution in [2.75, 3.05) is 16.4 Å². The summed E-state index contributed by atoms with van der Waals surface area (Å²) in [4.78, 5) is 24.4. The lowest BCUT2D eigenvalue weighted by Crippen LogP contribution is -2.13. The van der Waals surface area contributed by atoms with Gasteiger partial charge < -0.3 is 5.32 Å². The molecule has 9 heteroatoms. The Morgan fingerprint density at radius 1 is 1.04 bits per heavy atom. The first-order valence-corrected chi connectivity index (χ1v) is 9.55. The molecule has 24 heavy (non-hydrogen) atoms. The average molecular weight is 376 g/mol. The molecule has 6 nitrogen and oxygen atoms in total. The molecular formula is C15H12N4O2S3. The minimum atomic E-state index is -0.209. The van der Waals surface area contributed by atoms with Crippen LogP contribution in [0.5, 0.6) is 0 Å². The summed E-state index contributed by atoms with van der Waals surface area (Å²) >= 11 is 3.88. The molecule has 0 saturated heterocycles. The number of thiophene rings is 1. The maximum Gasteiger partial charge on any atom is 0.267 e. The molecule has 0 unspecified atom stereocenters. The van der Waals surface area contributed by atoms with Gasteiger partial charge in [0.1, 0.15) is 0 Å². The van der Waals surface area contributed by atoms with Gasteiger partial charge in [-0.05, 0) is 23.6 Å². The van der Waals surface area contributed by atoms with Crippen LogP contribution in [0.1, 0.15) is 9.67 Å². The highest BCUT2D eigenvalue weighted by molar-refractivity contribution is 8.01. The van der Waals surface area contributed by atoms with Gasteiger partial charge in [0.05, 0.1) is 10.6 Å². The maximum absolute atomic E-state index is 11.9. The summed E-state index contributed by atoms with van der Waals surface area (Å²) in [6.07, 6.45) is 0. The number of hydrogen-bond acceptors (Lipinski definition) is 7. The Labute approximate surface area is 150 Å². The second kappa shape index (κ2) is 8.04.